The van der Waals surface area contributed by atoms with Crippen LogP contribution in [0.4, 0.5) is 5.69 Å². The number of nitrogens with one attached hydrogen (secondary N) is 1. The number of amides is 1. The summed E-state index contributed by atoms with van der Waals surface area (Å²) >= 11 is 0. The van der Waals surface area contributed by atoms with Crippen molar-refractivity contribution in [3.8, 4) is 0 Å². The van der Waals surface area contributed by atoms with Gasteiger partial charge in [-0.25, -0.2) is 0 Å². The second-order valence-electron chi connectivity index (χ2n) is 5.27. The second kappa shape index (κ2) is 6.71. The minimum Gasteiger partial charge on any atom is -0.312 e. The molecule has 1 atom stereocenters. The third-order valence-corrected chi connectivity index (χ3v) is 3.73. The lowest BCUT2D eigenvalue weighted by Gasteiger charge is -2.27. The first kappa shape index (κ1) is 14.1. The minimum atomic E-state index is 0.260. The van der Waals surface area contributed by atoms with E-state index >= 15 is 0 Å². The summed E-state index contributed by atoms with van der Waals surface area (Å²) in [6.07, 6.45) is 3.98. The molecule has 104 valence electrons. The maximum atomic E-state index is 11.9. The summed E-state index contributed by atoms with van der Waals surface area (Å²) in [5, 5.41) is 3.48. The van der Waals surface area contributed by atoms with Gasteiger partial charge in [-0.05, 0) is 50.4 Å². The van der Waals surface area contributed by atoms with E-state index in [2.05, 4.69) is 43.4 Å². The van der Waals surface area contributed by atoms with Crippen LogP contribution >= 0.6 is 0 Å². The molecular formula is C16H24N2O. The highest BCUT2D eigenvalue weighted by atomic mass is 16.2. The molecule has 0 saturated carbocycles. The SMILES string of the molecule is CCCNC(C)c1ccc(N2CCCCC2=O)cc1. The Labute approximate surface area is 116 Å². The van der Waals surface area contributed by atoms with Crippen LogP contribution in [-0.2, 0) is 4.79 Å². The van der Waals surface area contributed by atoms with Crippen molar-refractivity contribution in [2.45, 2.75) is 45.6 Å². The molecule has 3 heteroatoms. The number of piperidine rings is 1. The first-order valence-corrected chi connectivity index (χ1v) is 7.36. The molecule has 1 heterocycles. The topological polar surface area (TPSA) is 32.3 Å². The van der Waals surface area contributed by atoms with Gasteiger partial charge in [0, 0.05) is 24.7 Å². The standard InChI is InChI=1S/C16H24N2O/c1-3-11-17-13(2)14-7-9-15(10-8-14)18-12-5-4-6-16(18)19/h7-10,13,17H,3-6,11-12H2,1-2H3. The van der Waals surface area contributed by atoms with Gasteiger partial charge >= 0.3 is 0 Å². The zero-order valence-corrected chi connectivity index (χ0v) is 12.0. The van der Waals surface area contributed by atoms with Crippen LogP contribution < -0.4 is 10.2 Å². The summed E-state index contributed by atoms with van der Waals surface area (Å²) in [5.41, 5.74) is 2.32. The Morgan fingerprint density at radius 3 is 2.63 bits per heavy atom. The molecule has 0 spiro atoms. The van der Waals surface area contributed by atoms with E-state index in [-0.39, 0.29) is 5.91 Å². The third-order valence-electron chi connectivity index (χ3n) is 3.73. The van der Waals surface area contributed by atoms with Crippen molar-refractivity contribution >= 4 is 11.6 Å². The van der Waals surface area contributed by atoms with Gasteiger partial charge in [0.05, 0.1) is 0 Å². The van der Waals surface area contributed by atoms with Crippen molar-refractivity contribution in [2.24, 2.45) is 0 Å². The average Bonchev–Trinajstić information content (AvgIpc) is 2.45. The Morgan fingerprint density at radius 1 is 1.26 bits per heavy atom. The van der Waals surface area contributed by atoms with E-state index in [1.54, 1.807) is 0 Å². The molecule has 1 fully saturated rings. The molecule has 1 saturated heterocycles. The van der Waals surface area contributed by atoms with Crippen LogP contribution in [0.2, 0.25) is 0 Å². The molecule has 0 aromatic heterocycles. The number of carbonyl (C=O) groups is 1. The van der Waals surface area contributed by atoms with Crippen molar-refractivity contribution in [1.29, 1.82) is 0 Å². The van der Waals surface area contributed by atoms with Gasteiger partial charge in [-0.15, -0.1) is 0 Å². The van der Waals surface area contributed by atoms with E-state index in [9.17, 15) is 4.79 Å². The molecule has 1 aromatic rings. The van der Waals surface area contributed by atoms with Gasteiger partial charge < -0.3 is 10.2 Å². The summed E-state index contributed by atoms with van der Waals surface area (Å²) in [5.74, 6) is 0.260. The Bertz CT molecular complexity index is 413. The Kier molecular flexibility index (Phi) is 4.97. The second-order valence-corrected chi connectivity index (χ2v) is 5.27. The average molecular weight is 260 g/mol. The van der Waals surface area contributed by atoms with E-state index < -0.39 is 0 Å². The van der Waals surface area contributed by atoms with Gasteiger partial charge in [-0.1, -0.05) is 19.1 Å². The van der Waals surface area contributed by atoms with Crippen LogP contribution in [0.15, 0.2) is 24.3 Å². The van der Waals surface area contributed by atoms with Gasteiger partial charge in [0.2, 0.25) is 5.91 Å². The van der Waals surface area contributed by atoms with E-state index in [4.69, 9.17) is 0 Å². The fourth-order valence-electron chi connectivity index (χ4n) is 2.50. The largest absolute Gasteiger partial charge is 0.312 e. The van der Waals surface area contributed by atoms with Gasteiger partial charge in [0.1, 0.15) is 0 Å². The quantitative estimate of drug-likeness (QED) is 0.881. The number of hydrogen-bond donors (Lipinski definition) is 1. The first-order valence-electron chi connectivity index (χ1n) is 7.36. The first-order chi connectivity index (χ1) is 9.22. The highest BCUT2D eigenvalue weighted by molar-refractivity contribution is 5.93. The molecule has 1 N–H and O–H groups in total. The number of hydrogen-bond acceptors (Lipinski definition) is 2. The number of benzene rings is 1. The zero-order chi connectivity index (χ0) is 13.7. The van der Waals surface area contributed by atoms with Crippen LogP contribution in [0.5, 0.6) is 0 Å². The van der Waals surface area contributed by atoms with Crippen molar-refractivity contribution < 1.29 is 4.79 Å². The van der Waals surface area contributed by atoms with Gasteiger partial charge in [0.25, 0.3) is 0 Å². The van der Waals surface area contributed by atoms with E-state index in [1.165, 1.54) is 5.56 Å². The summed E-state index contributed by atoms with van der Waals surface area (Å²) in [6, 6.07) is 8.77. The van der Waals surface area contributed by atoms with Gasteiger partial charge in [-0.3, -0.25) is 4.79 Å². The summed E-state index contributed by atoms with van der Waals surface area (Å²) in [6.45, 7) is 6.25. The monoisotopic (exact) mass is 260 g/mol. The number of rotatable bonds is 5. The molecule has 0 aliphatic carbocycles. The predicted molar refractivity (Wildman–Crippen MR) is 79.4 cm³/mol. The maximum Gasteiger partial charge on any atom is 0.226 e. The number of carbonyl (C=O) groups excluding carboxylic acids is 1. The third kappa shape index (κ3) is 3.57. The Balaban J connectivity index is 2.03. The molecule has 1 unspecified atom stereocenters. The molecule has 2 rings (SSSR count). The van der Waals surface area contributed by atoms with Crippen molar-refractivity contribution in [3.05, 3.63) is 29.8 Å². The molecular weight excluding hydrogens is 236 g/mol. The molecule has 1 amide bonds. The molecule has 3 nitrogen and oxygen atoms in total. The highest BCUT2D eigenvalue weighted by Gasteiger charge is 2.19. The molecule has 0 radical (unpaired) electrons. The number of nitrogens with zero attached hydrogens (tertiary/aromatic N) is 1. The summed E-state index contributed by atoms with van der Waals surface area (Å²) < 4.78 is 0. The molecule has 1 aromatic carbocycles. The van der Waals surface area contributed by atoms with Crippen LogP contribution in [0.3, 0.4) is 0 Å². The van der Waals surface area contributed by atoms with E-state index in [0.29, 0.717) is 12.5 Å². The van der Waals surface area contributed by atoms with Crippen molar-refractivity contribution in [2.75, 3.05) is 18.0 Å². The smallest absolute Gasteiger partial charge is 0.226 e. The van der Waals surface area contributed by atoms with E-state index in [0.717, 1.165) is 38.0 Å². The molecule has 0 bridgehead atoms. The molecule has 19 heavy (non-hydrogen) atoms. The fourth-order valence-corrected chi connectivity index (χ4v) is 2.50. The van der Waals surface area contributed by atoms with Crippen LogP contribution in [0.25, 0.3) is 0 Å². The van der Waals surface area contributed by atoms with Crippen LogP contribution in [0.1, 0.15) is 51.1 Å². The number of anilines is 1. The highest BCUT2D eigenvalue weighted by Crippen LogP contribution is 2.23. The van der Waals surface area contributed by atoms with Crippen LogP contribution in [-0.4, -0.2) is 19.0 Å². The van der Waals surface area contributed by atoms with Crippen LogP contribution in [0, 0.1) is 0 Å². The van der Waals surface area contributed by atoms with Gasteiger partial charge in [0.15, 0.2) is 0 Å². The summed E-state index contributed by atoms with van der Waals surface area (Å²) in [7, 11) is 0. The maximum absolute atomic E-state index is 11.9. The van der Waals surface area contributed by atoms with Crippen molar-refractivity contribution in [3.63, 3.8) is 0 Å². The lowest BCUT2D eigenvalue weighted by atomic mass is 10.1. The fraction of sp³-hybridized carbons (Fsp3) is 0.562. The molecule has 1 aliphatic heterocycles. The normalized spacial score (nSPS) is 17.6. The van der Waals surface area contributed by atoms with Gasteiger partial charge in [-0.2, -0.15) is 0 Å². The predicted octanol–water partition coefficient (Wildman–Crippen LogP) is 3.26. The van der Waals surface area contributed by atoms with E-state index in [1.807, 2.05) is 4.90 Å². The van der Waals surface area contributed by atoms with Crippen molar-refractivity contribution in [1.82, 2.24) is 5.32 Å². The summed E-state index contributed by atoms with van der Waals surface area (Å²) in [4.78, 5) is 13.8. The lowest BCUT2D eigenvalue weighted by Crippen LogP contribution is -2.35. The molecule has 1 aliphatic rings. The lowest BCUT2D eigenvalue weighted by molar-refractivity contribution is -0.119. The zero-order valence-electron chi connectivity index (χ0n) is 12.0. The Morgan fingerprint density at radius 2 is 2.00 bits per heavy atom. The minimum absolute atomic E-state index is 0.260. The Hall–Kier alpha value is -1.35.